The minimum atomic E-state index is 0.474. The molecule has 1 aliphatic rings. The molecule has 1 aliphatic carbocycles. The highest BCUT2D eigenvalue weighted by Gasteiger charge is 2.19. The number of para-hydroxylation sites is 3. The quantitative estimate of drug-likeness (QED) is 0.183. The lowest BCUT2D eigenvalue weighted by Gasteiger charge is -2.10. The average molecular weight is 667 g/mol. The SMILES string of the molecule is CC1C=c2c(n(-c3cccc4c3oc3ccccc34)c3ccc(-c4ccc5c(c4)c4ccccc4n5-c4ccc(-c5ccccc5)cc4)cc23)=CC1. The van der Waals surface area contributed by atoms with Crippen molar-refractivity contribution in [2.24, 2.45) is 5.92 Å². The molecule has 1 atom stereocenters. The highest BCUT2D eigenvalue weighted by molar-refractivity contribution is 6.11. The van der Waals surface area contributed by atoms with Gasteiger partial charge in [0.25, 0.3) is 0 Å². The predicted octanol–water partition coefficient (Wildman–Crippen LogP) is 11.6. The zero-order chi connectivity index (χ0) is 34.3. The first kappa shape index (κ1) is 29.2. The first-order chi connectivity index (χ1) is 25.7. The number of hydrogen-bond donors (Lipinski definition) is 0. The van der Waals surface area contributed by atoms with E-state index in [-0.39, 0.29) is 0 Å². The van der Waals surface area contributed by atoms with E-state index in [1.54, 1.807) is 0 Å². The minimum absolute atomic E-state index is 0.474. The molecule has 0 saturated heterocycles. The molecule has 3 heteroatoms. The third-order valence-corrected chi connectivity index (χ3v) is 11.0. The first-order valence-corrected chi connectivity index (χ1v) is 18.2. The first-order valence-electron chi connectivity index (χ1n) is 18.2. The van der Waals surface area contributed by atoms with Gasteiger partial charge < -0.3 is 13.6 Å². The number of benzene rings is 7. The van der Waals surface area contributed by atoms with E-state index in [4.69, 9.17) is 4.42 Å². The van der Waals surface area contributed by atoms with Crippen LogP contribution in [-0.4, -0.2) is 9.13 Å². The number of nitrogens with zero attached hydrogens (tertiary/aromatic N) is 2. The molecule has 52 heavy (non-hydrogen) atoms. The maximum absolute atomic E-state index is 6.55. The third-order valence-electron chi connectivity index (χ3n) is 11.0. The van der Waals surface area contributed by atoms with Gasteiger partial charge in [0.1, 0.15) is 5.58 Å². The van der Waals surface area contributed by atoms with Crippen molar-refractivity contribution < 1.29 is 4.42 Å². The summed E-state index contributed by atoms with van der Waals surface area (Å²) >= 11 is 0. The van der Waals surface area contributed by atoms with Gasteiger partial charge in [-0.3, -0.25) is 0 Å². The van der Waals surface area contributed by atoms with Crippen LogP contribution in [0.3, 0.4) is 0 Å². The Morgan fingerprint density at radius 3 is 1.96 bits per heavy atom. The smallest absolute Gasteiger partial charge is 0.159 e. The van der Waals surface area contributed by atoms with E-state index < -0.39 is 0 Å². The van der Waals surface area contributed by atoms with Gasteiger partial charge >= 0.3 is 0 Å². The fraction of sp³-hybridized carbons (Fsp3) is 0.0612. The summed E-state index contributed by atoms with van der Waals surface area (Å²) in [6.45, 7) is 2.31. The highest BCUT2D eigenvalue weighted by atomic mass is 16.3. The van der Waals surface area contributed by atoms with E-state index in [2.05, 4.69) is 180 Å². The van der Waals surface area contributed by atoms with Crippen molar-refractivity contribution in [3.05, 3.63) is 168 Å². The number of hydrogen-bond acceptors (Lipinski definition) is 1. The van der Waals surface area contributed by atoms with Crippen LogP contribution in [0.5, 0.6) is 0 Å². The number of rotatable bonds is 4. The van der Waals surface area contributed by atoms with Crippen molar-refractivity contribution in [2.45, 2.75) is 13.3 Å². The lowest BCUT2D eigenvalue weighted by molar-refractivity contribution is 0.665. The lowest BCUT2D eigenvalue weighted by Crippen LogP contribution is -2.31. The van der Waals surface area contributed by atoms with Gasteiger partial charge in [-0.25, -0.2) is 0 Å². The number of aromatic nitrogens is 2. The summed E-state index contributed by atoms with van der Waals surface area (Å²) in [7, 11) is 0. The standard InChI is InChI=1S/C49H34N2O/c1-31-18-25-45-40(28-31)42-30-35(22-27-46(42)51(45)47-16-9-14-39-38-13-6-8-17-48(38)52-49(39)47)34-21-26-44-41(29-34)37-12-5-7-15-43(37)50(44)36-23-19-33(20-24-36)32-10-3-2-4-11-32/h2-17,19-31H,18H2,1H3. The van der Waals surface area contributed by atoms with Gasteiger partial charge in [-0.15, -0.1) is 0 Å². The van der Waals surface area contributed by atoms with Crippen LogP contribution < -0.4 is 10.6 Å². The second-order valence-electron chi connectivity index (χ2n) is 14.2. The monoisotopic (exact) mass is 666 g/mol. The van der Waals surface area contributed by atoms with Crippen LogP contribution in [0.2, 0.25) is 0 Å². The molecule has 0 radical (unpaired) electrons. The Morgan fingerprint density at radius 2 is 1.13 bits per heavy atom. The molecule has 3 heterocycles. The molecule has 3 aromatic heterocycles. The van der Waals surface area contributed by atoms with Gasteiger partial charge in [0.2, 0.25) is 0 Å². The normalized spacial score (nSPS) is 14.3. The summed E-state index contributed by atoms with van der Waals surface area (Å²) < 4.78 is 11.4. The fourth-order valence-electron chi connectivity index (χ4n) is 8.57. The van der Waals surface area contributed by atoms with Crippen molar-refractivity contribution in [1.29, 1.82) is 0 Å². The van der Waals surface area contributed by atoms with Crippen LogP contribution in [0.1, 0.15) is 13.3 Å². The van der Waals surface area contributed by atoms with Crippen molar-refractivity contribution in [2.75, 3.05) is 0 Å². The van der Waals surface area contributed by atoms with E-state index >= 15 is 0 Å². The van der Waals surface area contributed by atoms with Crippen LogP contribution in [-0.2, 0) is 0 Å². The van der Waals surface area contributed by atoms with Crippen molar-refractivity contribution in [3.63, 3.8) is 0 Å². The lowest BCUT2D eigenvalue weighted by atomic mass is 9.98. The summed E-state index contributed by atoms with van der Waals surface area (Å²) in [5.41, 5.74) is 12.6. The van der Waals surface area contributed by atoms with Crippen LogP contribution >= 0.6 is 0 Å². The molecule has 11 rings (SSSR count). The molecule has 0 aliphatic heterocycles. The van der Waals surface area contributed by atoms with Crippen LogP contribution in [0.4, 0.5) is 0 Å². The minimum Gasteiger partial charge on any atom is -0.454 e. The third kappa shape index (κ3) is 4.32. The van der Waals surface area contributed by atoms with Crippen molar-refractivity contribution >= 4 is 66.8 Å². The second-order valence-corrected chi connectivity index (χ2v) is 14.2. The van der Waals surface area contributed by atoms with E-state index in [0.29, 0.717) is 5.92 Å². The molecule has 0 amide bonds. The van der Waals surface area contributed by atoms with Gasteiger partial charge in [-0.1, -0.05) is 122 Å². The van der Waals surface area contributed by atoms with Crippen LogP contribution in [0.25, 0.3) is 100 Å². The Kier molecular flexibility index (Phi) is 6.29. The van der Waals surface area contributed by atoms with Crippen LogP contribution in [0.15, 0.2) is 162 Å². The average Bonchev–Trinajstić information content (AvgIpc) is 3.85. The van der Waals surface area contributed by atoms with E-state index in [9.17, 15) is 0 Å². The molecule has 10 aromatic rings. The Morgan fingerprint density at radius 1 is 0.500 bits per heavy atom. The van der Waals surface area contributed by atoms with Gasteiger partial charge in [0, 0.05) is 43.2 Å². The van der Waals surface area contributed by atoms with Gasteiger partial charge in [-0.2, -0.15) is 0 Å². The molecular weight excluding hydrogens is 633 g/mol. The van der Waals surface area contributed by atoms with Gasteiger partial charge in [0.05, 0.1) is 22.2 Å². The van der Waals surface area contributed by atoms with Crippen molar-refractivity contribution in [3.8, 4) is 33.6 Å². The summed E-state index contributed by atoms with van der Waals surface area (Å²) in [6.07, 6.45) is 5.88. The zero-order valence-corrected chi connectivity index (χ0v) is 28.8. The topological polar surface area (TPSA) is 23.0 Å². The molecule has 246 valence electrons. The summed E-state index contributed by atoms with van der Waals surface area (Å²) in [4.78, 5) is 0. The highest BCUT2D eigenvalue weighted by Crippen LogP contribution is 2.37. The molecular formula is C49H34N2O. The van der Waals surface area contributed by atoms with Crippen molar-refractivity contribution in [1.82, 2.24) is 9.13 Å². The van der Waals surface area contributed by atoms with Gasteiger partial charge in [0.15, 0.2) is 5.58 Å². The maximum atomic E-state index is 6.55. The largest absolute Gasteiger partial charge is 0.454 e. The summed E-state index contributed by atoms with van der Waals surface area (Å²) in [5, 5.41) is 8.63. The molecule has 1 unspecified atom stereocenters. The predicted molar refractivity (Wildman–Crippen MR) is 218 cm³/mol. The van der Waals surface area contributed by atoms with E-state index in [0.717, 1.165) is 39.7 Å². The molecule has 7 aromatic carbocycles. The molecule has 0 spiro atoms. The Balaban J connectivity index is 1.08. The number of fused-ring (bicyclic) bond motifs is 9. The number of furan rings is 1. The van der Waals surface area contributed by atoms with Gasteiger partial charge in [-0.05, 0) is 89.2 Å². The fourth-order valence-corrected chi connectivity index (χ4v) is 8.57. The maximum Gasteiger partial charge on any atom is 0.159 e. The molecule has 0 N–H and O–H groups in total. The zero-order valence-electron chi connectivity index (χ0n) is 28.8. The summed E-state index contributed by atoms with van der Waals surface area (Å²) in [5.74, 6) is 0.474. The van der Waals surface area contributed by atoms with E-state index in [1.165, 1.54) is 65.5 Å². The Bertz CT molecular complexity index is 3160. The second kappa shape index (κ2) is 11.2. The molecule has 3 nitrogen and oxygen atoms in total. The Labute approximate surface area is 300 Å². The van der Waals surface area contributed by atoms with Crippen LogP contribution in [0, 0.1) is 5.92 Å². The molecule has 0 fully saturated rings. The molecule has 0 saturated carbocycles. The summed E-state index contributed by atoms with van der Waals surface area (Å²) in [6, 6.07) is 57.1. The Hall–Kier alpha value is -6.58. The van der Waals surface area contributed by atoms with E-state index in [1.807, 2.05) is 6.07 Å². The molecule has 0 bridgehead atoms.